The van der Waals surface area contributed by atoms with Gasteiger partial charge in [0, 0.05) is 11.6 Å². The fourth-order valence-corrected chi connectivity index (χ4v) is 2.18. The van der Waals surface area contributed by atoms with Gasteiger partial charge in [-0.2, -0.15) is 0 Å². The largest absolute Gasteiger partial charge is 0.493 e. The Bertz CT molecular complexity index is 814. The molecule has 0 aromatic heterocycles. The Morgan fingerprint density at radius 1 is 1.12 bits per heavy atom. The Labute approximate surface area is 153 Å². The summed E-state index contributed by atoms with van der Waals surface area (Å²) in [7, 11) is 1.48. The van der Waals surface area contributed by atoms with Crippen LogP contribution in [0.5, 0.6) is 17.2 Å². The molecule has 0 radical (unpaired) electrons. The van der Waals surface area contributed by atoms with Crippen molar-refractivity contribution in [1.29, 1.82) is 0 Å². The molecule has 0 saturated carbocycles. The molecule has 5 heteroatoms. The Morgan fingerprint density at radius 2 is 1.85 bits per heavy atom. The minimum absolute atomic E-state index is 0.337. The van der Waals surface area contributed by atoms with E-state index < -0.39 is 12.1 Å². The monoisotopic (exact) mass is 358 g/mol. The van der Waals surface area contributed by atoms with Crippen LogP contribution in [0.25, 0.3) is 11.1 Å². The van der Waals surface area contributed by atoms with E-state index in [1.165, 1.54) is 13.2 Å². The molecule has 0 fully saturated rings. The molecule has 0 saturated heterocycles. The predicted molar refractivity (Wildman–Crippen MR) is 100 cm³/mol. The van der Waals surface area contributed by atoms with Crippen molar-refractivity contribution in [3.05, 3.63) is 66.5 Å². The average Bonchev–Trinajstić information content (AvgIpc) is 2.60. The molecule has 138 valence electrons. The molecule has 2 aromatic carbocycles. The first-order valence-corrected chi connectivity index (χ1v) is 8.07. The van der Waals surface area contributed by atoms with Gasteiger partial charge in [0.15, 0.2) is 11.5 Å². The highest BCUT2D eigenvalue weighted by atomic mass is 19.1. The molecule has 0 aliphatic carbocycles. The van der Waals surface area contributed by atoms with E-state index >= 15 is 0 Å². The lowest BCUT2D eigenvalue weighted by molar-refractivity contribution is 0.0132. The molecule has 1 N–H and O–H groups in total. The SMILES string of the molecule is C=C(C)COc1ccc(-c2ccc(OC(O)C(=C)C)c(OC)c2)c(F)c1. The minimum Gasteiger partial charge on any atom is -0.493 e. The van der Waals surface area contributed by atoms with Crippen LogP contribution in [-0.2, 0) is 0 Å². The van der Waals surface area contributed by atoms with Crippen LogP contribution < -0.4 is 14.2 Å². The lowest BCUT2D eigenvalue weighted by atomic mass is 10.0. The summed E-state index contributed by atoms with van der Waals surface area (Å²) in [6.07, 6.45) is -1.14. The van der Waals surface area contributed by atoms with Gasteiger partial charge in [-0.15, -0.1) is 0 Å². The second-order valence-electron chi connectivity index (χ2n) is 6.07. The van der Waals surface area contributed by atoms with E-state index in [1.807, 2.05) is 6.92 Å². The molecule has 26 heavy (non-hydrogen) atoms. The number of hydrogen-bond donors (Lipinski definition) is 1. The van der Waals surface area contributed by atoms with Crippen LogP contribution >= 0.6 is 0 Å². The third-order valence-electron chi connectivity index (χ3n) is 3.56. The maximum Gasteiger partial charge on any atom is 0.219 e. The number of aliphatic hydroxyl groups excluding tert-OH is 1. The third kappa shape index (κ3) is 4.86. The summed E-state index contributed by atoms with van der Waals surface area (Å²) in [5.41, 5.74) is 2.33. The van der Waals surface area contributed by atoms with E-state index in [0.29, 0.717) is 40.6 Å². The summed E-state index contributed by atoms with van der Waals surface area (Å²) in [6, 6.07) is 9.62. The normalized spacial score (nSPS) is 11.6. The summed E-state index contributed by atoms with van der Waals surface area (Å²) in [5.74, 6) is 0.742. The number of halogens is 1. The summed E-state index contributed by atoms with van der Waals surface area (Å²) in [6.45, 7) is 11.2. The third-order valence-corrected chi connectivity index (χ3v) is 3.56. The molecule has 0 amide bonds. The molecule has 0 heterocycles. The minimum atomic E-state index is -1.14. The molecule has 1 atom stereocenters. The zero-order valence-electron chi connectivity index (χ0n) is 15.2. The lowest BCUT2D eigenvalue weighted by Gasteiger charge is -2.17. The van der Waals surface area contributed by atoms with Crippen molar-refractivity contribution in [2.75, 3.05) is 13.7 Å². The number of hydrogen-bond acceptors (Lipinski definition) is 4. The van der Waals surface area contributed by atoms with Crippen LogP contribution in [-0.4, -0.2) is 25.1 Å². The molecule has 0 aliphatic heterocycles. The van der Waals surface area contributed by atoms with E-state index in [4.69, 9.17) is 14.2 Å². The molecule has 0 aliphatic rings. The van der Waals surface area contributed by atoms with E-state index in [1.54, 1.807) is 37.3 Å². The number of methoxy groups -OCH3 is 1. The fourth-order valence-electron chi connectivity index (χ4n) is 2.18. The summed E-state index contributed by atoms with van der Waals surface area (Å²) in [4.78, 5) is 0. The van der Waals surface area contributed by atoms with Crippen molar-refractivity contribution in [2.45, 2.75) is 20.1 Å². The van der Waals surface area contributed by atoms with Crippen LogP contribution in [0.15, 0.2) is 60.7 Å². The number of aliphatic hydroxyl groups is 1. The quantitative estimate of drug-likeness (QED) is 0.547. The summed E-state index contributed by atoms with van der Waals surface area (Å²) < 4.78 is 30.6. The molecule has 2 aromatic rings. The fraction of sp³-hybridized carbons (Fsp3) is 0.238. The van der Waals surface area contributed by atoms with Crippen molar-refractivity contribution in [3.8, 4) is 28.4 Å². The molecular weight excluding hydrogens is 335 g/mol. The second kappa shape index (κ2) is 8.54. The van der Waals surface area contributed by atoms with Gasteiger partial charge in [-0.1, -0.05) is 19.2 Å². The van der Waals surface area contributed by atoms with Crippen LogP contribution in [0.2, 0.25) is 0 Å². The Kier molecular flexibility index (Phi) is 6.41. The van der Waals surface area contributed by atoms with Crippen LogP contribution in [0.1, 0.15) is 13.8 Å². The van der Waals surface area contributed by atoms with Gasteiger partial charge in [0.1, 0.15) is 18.2 Å². The van der Waals surface area contributed by atoms with Gasteiger partial charge in [-0.05, 0) is 54.8 Å². The smallest absolute Gasteiger partial charge is 0.219 e. The molecular formula is C21H23FO4. The lowest BCUT2D eigenvalue weighted by Crippen LogP contribution is -2.16. The highest BCUT2D eigenvalue weighted by molar-refractivity contribution is 5.68. The zero-order valence-corrected chi connectivity index (χ0v) is 15.2. The average molecular weight is 358 g/mol. The highest BCUT2D eigenvalue weighted by Crippen LogP contribution is 2.35. The molecule has 2 rings (SSSR count). The van der Waals surface area contributed by atoms with E-state index in [2.05, 4.69) is 13.2 Å². The van der Waals surface area contributed by atoms with E-state index in [9.17, 15) is 9.50 Å². The predicted octanol–water partition coefficient (Wildman–Crippen LogP) is 4.73. The van der Waals surface area contributed by atoms with Gasteiger partial charge in [0.2, 0.25) is 6.29 Å². The Morgan fingerprint density at radius 3 is 2.42 bits per heavy atom. The number of benzene rings is 2. The first-order chi connectivity index (χ1) is 12.3. The van der Waals surface area contributed by atoms with Gasteiger partial charge in [-0.3, -0.25) is 0 Å². The van der Waals surface area contributed by atoms with Gasteiger partial charge in [0.05, 0.1) is 7.11 Å². The van der Waals surface area contributed by atoms with Gasteiger partial charge >= 0.3 is 0 Å². The van der Waals surface area contributed by atoms with Gasteiger partial charge in [-0.25, -0.2) is 4.39 Å². The standard InChI is InChI=1S/C21H23FO4/c1-13(2)12-25-16-7-8-17(18(22)11-16)15-6-9-19(20(10-15)24-5)26-21(23)14(3)4/h6-11,21,23H,1,3,12H2,2,4-5H3. The molecule has 1 unspecified atom stereocenters. The first-order valence-electron chi connectivity index (χ1n) is 8.07. The van der Waals surface area contributed by atoms with Crippen molar-refractivity contribution in [2.24, 2.45) is 0 Å². The Balaban J connectivity index is 2.28. The van der Waals surface area contributed by atoms with Crippen LogP contribution in [0.4, 0.5) is 4.39 Å². The van der Waals surface area contributed by atoms with Crippen molar-refractivity contribution in [1.82, 2.24) is 0 Å². The van der Waals surface area contributed by atoms with Crippen molar-refractivity contribution < 1.29 is 23.7 Å². The maximum absolute atomic E-state index is 14.5. The van der Waals surface area contributed by atoms with E-state index in [-0.39, 0.29) is 0 Å². The van der Waals surface area contributed by atoms with Crippen molar-refractivity contribution in [3.63, 3.8) is 0 Å². The number of ether oxygens (including phenoxy) is 3. The Hall–Kier alpha value is -2.79. The molecule has 0 spiro atoms. The van der Waals surface area contributed by atoms with Gasteiger partial charge < -0.3 is 19.3 Å². The maximum atomic E-state index is 14.5. The highest BCUT2D eigenvalue weighted by Gasteiger charge is 2.14. The second-order valence-corrected chi connectivity index (χ2v) is 6.07. The van der Waals surface area contributed by atoms with Crippen LogP contribution in [0.3, 0.4) is 0 Å². The topological polar surface area (TPSA) is 47.9 Å². The van der Waals surface area contributed by atoms with Crippen molar-refractivity contribution >= 4 is 0 Å². The first kappa shape index (κ1) is 19.5. The summed E-state index contributed by atoms with van der Waals surface area (Å²) >= 11 is 0. The summed E-state index contributed by atoms with van der Waals surface area (Å²) in [5, 5.41) is 9.79. The zero-order chi connectivity index (χ0) is 19.3. The van der Waals surface area contributed by atoms with Crippen LogP contribution in [0, 0.1) is 5.82 Å². The molecule has 0 bridgehead atoms. The van der Waals surface area contributed by atoms with E-state index in [0.717, 1.165) is 5.57 Å². The molecule has 4 nitrogen and oxygen atoms in total. The van der Waals surface area contributed by atoms with Gasteiger partial charge in [0.25, 0.3) is 0 Å². The number of rotatable bonds is 8.